The molecule has 7 heteroatoms. The zero-order chi connectivity index (χ0) is 23.3. The van der Waals surface area contributed by atoms with Crippen LogP contribution in [0.1, 0.15) is 38.8 Å². The number of hydrogen-bond donors (Lipinski definition) is 3. The van der Waals surface area contributed by atoms with Crippen LogP contribution in [0.3, 0.4) is 0 Å². The maximum Gasteiger partial charge on any atom is 0.336 e. The largest absolute Gasteiger partial charge is 0.478 e. The third-order valence-corrected chi connectivity index (χ3v) is 6.04. The van der Waals surface area contributed by atoms with E-state index in [1.54, 1.807) is 24.3 Å². The molecule has 0 saturated carbocycles. The summed E-state index contributed by atoms with van der Waals surface area (Å²) in [5.41, 5.74) is 3.44. The van der Waals surface area contributed by atoms with Crippen molar-refractivity contribution in [2.45, 2.75) is 30.9 Å². The number of thioether (sulfide) groups is 1. The predicted molar refractivity (Wildman–Crippen MR) is 128 cm³/mol. The van der Waals surface area contributed by atoms with E-state index < -0.39 is 11.9 Å². The summed E-state index contributed by atoms with van der Waals surface area (Å²) >= 11 is 1.41. The fourth-order valence-electron chi connectivity index (χ4n) is 3.18. The molecule has 0 heterocycles. The number of anilines is 2. The van der Waals surface area contributed by atoms with Gasteiger partial charge in [-0.05, 0) is 68.3 Å². The first-order valence-corrected chi connectivity index (χ1v) is 10.9. The number of aryl methyl sites for hydroxylation is 2. The number of carbonyl (C=O) groups excluding carboxylic acids is 2. The van der Waals surface area contributed by atoms with Gasteiger partial charge in [0.1, 0.15) is 0 Å². The van der Waals surface area contributed by atoms with Gasteiger partial charge in [0, 0.05) is 16.3 Å². The summed E-state index contributed by atoms with van der Waals surface area (Å²) in [6.45, 7) is 5.76. The second-order valence-corrected chi connectivity index (χ2v) is 8.76. The van der Waals surface area contributed by atoms with E-state index in [4.69, 9.17) is 0 Å². The molecule has 1 atom stereocenters. The molecular formula is C25H24N2O4S. The number of benzene rings is 3. The lowest BCUT2D eigenvalue weighted by molar-refractivity contribution is -0.115. The highest BCUT2D eigenvalue weighted by Crippen LogP contribution is 2.27. The molecule has 2 amide bonds. The molecule has 0 aliphatic rings. The fourth-order valence-corrected chi connectivity index (χ4v) is 4.04. The van der Waals surface area contributed by atoms with Crippen LogP contribution in [0.4, 0.5) is 11.4 Å². The third-order valence-electron chi connectivity index (χ3n) is 4.93. The van der Waals surface area contributed by atoms with E-state index in [0.717, 1.165) is 21.7 Å². The van der Waals surface area contributed by atoms with Crippen LogP contribution in [0.25, 0.3) is 0 Å². The SMILES string of the molecule is Cc1cccc(C)c1NC(=O)C(C)Sc1ccc(NC(=O)c2ccccc2C(=O)O)cc1. The molecule has 3 aromatic rings. The average molecular weight is 449 g/mol. The second-order valence-electron chi connectivity index (χ2n) is 7.35. The second kappa shape index (κ2) is 10.2. The molecule has 0 aliphatic heterocycles. The molecule has 0 aromatic heterocycles. The summed E-state index contributed by atoms with van der Waals surface area (Å²) in [7, 11) is 0. The molecule has 3 aromatic carbocycles. The van der Waals surface area contributed by atoms with E-state index in [1.165, 1.54) is 23.9 Å². The van der Waals surface area contributed by atoms with Gasteiger partial charge in [-0.15, -0.1) is 11.8 Å². The van der Waals surface area contributed by atoms with Crippen molar-refractivity contribution in [3.05, 3.63) is 89.0 Å². The van der Waals surface area contributed by atoms with Crippen molar-refractivity contribution in [1.82, 2.24) is 0 Å². The number of carboxylic acid groups (broad SMARTS) is 1. The predicted octanol–water partition coefficient (Wildman–Crippen LogP) is 5.37. The van der Waals surface area contributed by atoms with Crippen LogP contribution >= 0.6 is 11.8 Å². The van der Waals surface area contributed by atoms with Crippen LogP contribution in [-0.2, 0) is 4.79 Å². The van der Waals surface area contributed by atoms with Crippen molar-refractivity contribution >= 4 is 40.9 Å². The van der Waals surface area contributed by atoms with Gasteiger partial charge in [-0.25, -0.2) is 4.79 Å². The Morgan fingerprint density at radius 3 is 2.00 bits per heavy atom. The smallest absolute Gasteiger partial charge is 0.336 e. The zero-order valence-electron chi connectivity index (χ0n) is 18.0. The molecule has 3 rings (SSSR count). The van der Waals surface area contributed by atoms with Crippen LogP contribution in [-0.4, -0.2) is 28.1 Å². The van der Waals surface area contributed by atoms with Gasteiger partial charge in [-0.3, -0.25) is 9.59 Å². The van der Waals surface area contributed by atoms with E-state index >= 15 is 0 Å². The third kappa shape index (κ3) is 5.56. The quantitative estimate of drug-likeness (QED) is 0.422. The molecule has 164 valence electrons. The molecule has 0 saturated heterocycles. The molecule has 1 unspecified atom stereocenters. The van der Waals surface area contributed by atoms with Gasteiger partial charge in [0.2, 0.25) is 5.91 Å². The monoisotopic (exact) mass is 448 g/mol. The summed E-state index contributed by atoms with van der Waals surface area (Å²) in [6.07, 6.45) is 0. The molecular weight excluding hydrogens is 424 g/mol. The van der Waals surface area contributed by atoms with Gasteiger partial charge < -0.3 is 15.7 Å². The Morgan fingerprint density at radius 2 is 1.41 bits per heavy atom. The van der Waals surface area contributed by atoms with Crippen LogP contribution in [0, 0.1) is 13.8 Å². The number of amides is 2. The lowest BCUT2D eigenvalue weighted by Gasteiger charge is -2.15. The normalized spacial score (nSPS) is 11.5. The highest BCUT2D eigenvalue weighted by molar-refractivity contribution is 8.00. The lowest BCUT2D eigenvalue weighted by Crippen LogP contribution is -2.23. The Hall–Kier alpha value is -3.58. The Balaban J connectivity index is 1.63. The fraction of sp³-hybridized carbons (Fsp3) is 0.160. The first-order valence-electron chi connectivity index (χ1n) is 10.0. The van der Waals surface area contributed by atoms with Gasteiger partial charge in [-0.1, -0.05) is 30.3 Å². The first-order chi connectivity index (χ1) is 15.3. The minimum atomic E-state index is -1.16. The molecule has 3 N–H and O–H groups in total. The number of rotatable bonds is 7. The van der Waals surface area contributed by atoms with Gasteiger partial charge in [0.15, 0.2) is 0 Å². The van der Waals surface area contributed by atoms with Crippen LogP contribution in [0.15, 0.2) is 71.6 Å². The van der Waals surface area contributed by atoms with E-state index in [1.807, 2.05) is 51.1 Å². The summed E-state index contributed by atoms with van der Waals surface area (Å²) in [4.78, 5) is 37.3. The van der Waals surface area contributed by atoms with Crippen molar-refractivity contribution < 1.29 is 19.5 Å². The summed E-state index contributed by atoms with van der Waals surface area (Å²) in [6, 6.07) is 19.0. The maximum absolute atomic E-state index is 12.6. The van der Waals surface area contributed by atoms with Gasteiger partial charge in [0.25, 0.3) is 5.91 Å². The number of carboxylic acids is 1. The van der Waals surface area contributed by atoms with E-state index in [-0.39, 0.29) is 22.3 Å². The van der Waals surface area contributed by atoms with E-state index in [2.05, 4.69) is 10.6 Å². The Labute approximate surface area is 191 Å². The molecule has 32 heavy (non-hydrogen) atoms. The Bertz CT molecular complexity index is 1140. The minimum Gasteiger partial charge on any atom is -0.478 e. The summed E-state index contributed by atoms with van der Waals surface area (Å²) in [5, 5.41) is 14.6. The van der Waals surface area contributed by atoms with E-state index in [0.29, 0.717) is 5.69 Å². The molecule has 0 spiro atoms. The number of nitrogens with one attached hydrogen (secondary N) is 2. The molecule has 0 bridgehead atoms. The van der Waals surface area contributed by atoms with Crippen molar-refractivity contribution in [2.24, 2.45) is 0 Å². The minimum absolute atomic E-state index is 0.0547. The van der Waals surface area contributed by atoms with Crippen LogP contribution in [0.5, 0.6) is 0 Å². The highest BCUT2D eigenvalue weighted by Gasteiger charge is 2.18. The Kier molecular flexibility index (Phi) is 7.33. The maximum atomic E-state index is 12.6. The summed E-state index contributed by atoms with van der Waals surface area (Å²) < 4.78 is 0. The number of aromatic carboxylic acids is 1. The van der Waals surface area contributed by atoms with Crippen molar-refractivity contribution in [1.29, 1.82) is 0 Å². The summed E-state index contributed by atoms with van der Waals surface area (Å²) in [5.74, 6) is -1.74. The topological polar surface area (TPSA) is 95.5 Å². The van der Waals surface area contributed by atoms with Crippen LogP contribution in [0.2, 0.25) is 0 Å². The van der Waals surface area contributed by atoms with Gasteiger partial charge >= 0.3 is 5.97 Å². The zero-order valence-corrected chi connectivity index (χ0v) is 18.8. The van der Waals surface area contributed by atoms with E-state index in [9.17, 15) is 19.5 Å². The van der Waals surface area contributed by atoms with Gasteiger partial charge in [-0.2, -0.15) is 0 Å². The number of hydrogen-bond acceptors (Lipinski definition) is 4. The molecule has 0 aliphatic carbocycles. The van der Waals surface area contributed by atoms with Crippen molar-refractivity contribution in [3.63, 3.8) is 0 Å². The van der Waals surface area contributed by atoms with Crippen molar-refractivity contribution in [3.8, 4) is 0 Å². The lowest BCUT2D eigenvalue weighted by atomic mass is 10.1. The number of para-hydroxylation sites is 1. The molecule has 0 radical (unpaired) electrons. The molecule has 0 fully saturated rings. The first kappa shape index (κ1) is 23.1. The standard InChI is InChI=1S/C25H24N2O4S/c1-15-7-6-8-16(2)22(15)27-23(28)17(3)32-19-13-11-18(12-14-19)26-24(29)20-9-4-5-10-21(20)25(30)31/h4-14,17H,1-3H3,(H,26,29)(H,27,28)(H,30,31). The van der Waals surface area contributed by atoms with Crippen LogP contribution < -0.4 is 10.6 Å². The number of carbonyl (C=O) groups is 3. The average Bonchev–Trinajstić information content (AvgIpc) is 2.77. The highest BCUT2D eigenvalue weighted by atomic mass is 32.2. The van der Waals surface area contributed by atoms with Gasteiger partial charge in [0.05, 0.1) is 16.4 Å². The Morgan fingerprint density at radius 1 is 0.812 bits per heavy atom. The molecule has 6 nitrogen and oxygen atoms in total. The van der Waals surface area contributed by atoms with Crippen molar-refractivity contribution in [2.75, 3.05) is 10.6 Å².